The molecule has 122 valence electrons. The fourth-order valence-corrected chi connectivity index (χ4v) is 3.79. The maximum Gasteiger partial charge on any atom is 0.202 e. The molecule has 2 aromatic rings. The first-order valence-corrected chi connectivity index (χ1v) is 9.34. The zero-order chi connectivity index (χ0) is 16.1. The number of hydrogen-bond donors (Lipinski definition) is 3. The Hall–Kier alpha value is -1.66. The maximum absolute atomic E-state index is 5.38. The van der Waals surface area contributed by atoms with Gasteiger partial charge in [-0.25, -0.2) is 4.98 Å². The lowest BCUT2D eigenvalue weighted by Gasteiger charge is -2.30. The van der Waals surface area contributed by atoms with E-state index >= 15 is 0 Å². The van der Waals surface area contributed by atoms with Gasteiger partial charge >= 0.3 is 0 Å². The Kier molecular flexibility index (Phi) is 5.46. The molecule has 0 bridgehead atoms. The Morgan fingerprint density at radius 3 is 2.78 bits per heavy atom. The van der Waals surface area contributed by atoms with Crippen molar-refractivity contribution < 1.29 is 0 Å². The molecule has 2 atom stereocenters. The molecule has 23 heavy (non-hydrogen) atoms. The number of rotatable bonds is 4. The highest BCUT2D eigenvalue weighted by molar-refractivity contribution is 7.80. The predicted molar refractivity (Wildman–Crippen MR) is 101 cm³/mol. The summed E-state index contributed by atoms with van der Waals surface area (Å²) in [5, 5.41) is 6.90. The van der Waals surface area contributed by atoms with Gasteiger partial charge in [-0.2, -0.15) is 0 Å². The molecule has 1 aromatic heterocycles. The number of anilines is 1. The van der Waals surface area contributed by atoms with Crippen LogP contribution in [-0.4, -0.2) is 16.1 Å². The number of thiocarbonyl (C=S) groups is 1. The average Bonchev–Trinajstić information content (AvgIpc) is 3.05. The summed E-state index contributed by atoms with van der Waals surface area (Å²) in [4.78, 5) is 4.57. The first-order valence-electron chi connectivity index (χ1n) is 8.06. The molecule has 0 aliphatic heterocycles. The van der Waals surface area contributed by atoms with Crippen LogP contribution < -0.4 is 16.2 Å². The molecular weight excluding hydrogens is 324 g/mol. The maximum atomic E-state index is 5.38. The SMILES string of the molecule is C[C@H]1CCCC[C@@H]1NC(=S)NNc1nc(-c2ccccc2)cs1. The number of benzene rings is 1. The van der Waals surface area contributed by atoms with Crippen LogP contribution in [-0.2, 0) is 0 Å². The molecule has 0 amide bonds. The lowest BCUT2D eigenvalue weighted by molar-refractivity contribution is 0.308. The van der Waals surface area contributed by atoms with Crippen LogP contribution in [0.5, 0.6) is 0 Å². The number of nitrogens with one attached hydrogen (secondary N) is 3. The number of aromatic nitrogens is 1. The molecule has 1 heterocycles. The predicted octanol–water partition coefficient (Wildman–Crippen LogP) is 4.18. The van der Waals surface area contributed by atoms with E-state index in [-0.39, 0.29) is 0 Å². The van der Waals surface area contributed by atoms with E-state index < -0.39 is 0 Å². The van der Waals surface area contributed by atoms with Gasteiger partial charge in [0.05, 0.1) is 5.69 Å². The fraction of sp³-hybridized carbons (Fsp3) is 0.412. The zero-order valence-corrected chi connectivity index (χ0v) is 14.8. The van der Waals surface area contributed by atoms with Crippen LogP contribution in [0.15, 0.2) is 35.7 Å². The van der Waals surface area contributed by atoms with E-state index in [0.29, 0.717) is 17.1 Å². The molecule has 6 heteroatoms. The van der Waals surface area contributed by atoms with Gasteiger partial charge in [0.1, 0.15) is 0 Å². The van der Waals surface area contributed by atoms with Crippen LogP contribution in [0.4, 0.5) is 5.13 Å². The molecule has 1 aliphatic rings. The molecule has 1 fully saturated rings. The Morgan fingerprint density at radius 1 is 1.22 bits per heavy atom. The van der Waals surface area contributed by atoms with Crippen molar-refractivity contribution in [2.45, 2.75) is 38.6 Å². The van der Waals surface area contributed by atoms with E-state index in [2.05, 4.69) is 40.2 Å². The fourth-order valence-electron chi connectivity index (χ4n) is 2.92. The summed E-state index contributed by atoms with van der Waals surface area (Å²) in [6, 6.07) is 10.6. The second kappa shape index (κ2) is 7.75. The van der Waals surface area contributed by atoms with Crippen LogP contribution in [0.1, 0.15) is 32.6 Å². The summed E-state index contributed by atoms with van der Waals surface area (Å²) >= 11 is 6.94. The first-order chi connectivity index (χ1) is 11.2. The van der Waals surface area contributed by atoms with Gasteiger partial charge in [-0.05, 0) is 31.0 Å². The Labute approximate surface area is 146 Å². The van der Waals surface area contributed by atoms with Crippen molar-refractivity contribution in [3.8, 4) is 11.3 Å². The van der Waals surface area contributed by atoms with Crippen molar-refractivity contribution in [2.75, 3.05) is 5.43 Å². The van der Waals surface area contributed by atoms with Crippen LogP contribution in [0.3, 0.4) is 0 Å². The molecule has 1 aliphatic carbocycles. The third-order valence-electron chi connectivity index (χ3n) is 4.28. The number of hydrazine groups is 1. The monoisotopic (exact) mass is 346 g/mol. The molecule has 3 N–H and O–H groups in total. The van der Waals surface area contributed by atoms with E-state index in [4.69, 9.17) is 12.2 Å². The van der Waals surface area contributed by atoms with Crippen molar-refractivity contribution in [1.82, 2.24) is 15.7 Å². The minimum absolute atomic E-state index is 0.474. The van der Waals surface area contributed by atoms with Crippen molar-refractivity contribution in [1.29, 1.82) is 0 Å². The van der Waals surface area contributed by atoms with Gasteiger partial charge in [0.2, 0.25) is 5.13 Å². The molecule has 4 nitrogen and oxygen atoms in total. The van der Waals surface area contributed by atoms with Gasteiger partial charge in [0, 0.05) is 17.0 Å². The van der Waals surface area contributed by atoms with Crippen molar-refractivity contribution in [3.05, 3.63) is 35.7 Å². The van der Waals surface area contributed by atoms with E-state index in [9.17, 15) is 0 Å². The lowest BCUT2D eigenvalue weighted by atomic mass is 9.86. The summed E-state index contributed by atoms with van der Waals surface area (Å²) in [6.45, 7) is 2.29. The zero-order valence-electron chi connectivity index (χ0n) is 13.2. The highest BCUT2D eigenvalue weighted by atomic mass is 32.1. The topological polar surface area (TPSA) is 49.0 Å². The van der Waals surface area contributed by atoms with Gasteiger partial charge in [-0.3, -0.25) is 10.9 Å². The number of nitrogens with zero attached hydrogens (tertiary/aromatic N) is 1. The largest absolute Gasteiger partial charge is 0.358 e. The van der Waals surface area contributed by atoms with Crippen LogP contribution in [0.25, 0.3) is 11.3 Å². The third-order valence-corrected chi connectivity index (χ3v) is 5.26. The first kappa shape index (κ1) is 16.2. The van der Waals surface area contributed by atoms with Gasteiger partial charge < -0.3 is 5.32 Å². The average molecular weight is 347 g/mol. The highest BCUT2D eigenvalue weighted by Gasteiger charge is 2.21. The molecule has 3 rings (SSSR count). The smallest absolute Gasteiger partial charge is 0.202 e. The molecular formula is C17H22N4S2. The van der Waals surface area contributed by atoms with Gasteiger partial charge in [-0.15, -0.1) is 11.3 Å². The van der Waals surface area contributed by atoms with Crippen LogP contribution in [0, 0.1) is 5.92 Å². The minimum atomic E-state index is 0.474. The van der Waals surface area contributed by atoms with Crippen LogP contribution in [0.2, 0.25) is 0 Å². The summed E-state index contributed by atoms with van der Waals surface area (Å²) in [5.41, 5.74) is 8.23. The van der Waals surface area contributed by atoms with E-state index in [0.717, 1.165) is 16.4 Å². The molecule has 0 saturated heterocycles. The summed E-state index contributed by atoms with van der Waals surface area (Å²) in [5.74, 6) is 0.674. The quantitative estimate of drug-likeness (QED) is 0.573. The Bertz CT molecular complexity index is 641. The second-order valence-corrected chi connectivity index (χ2v) is 7.26. The standard InChI is InChI=1S/C17H22N4S2/c1-12-7-5-6-10-14(12)18-16(22)20-21-17-19-15(11-23-17)13-8-3-2-4-9-13/h2-4,8-9,11-12,14H,5-7,10H2,1H3,(H,19,21)(H2,18,20,22)/t12-,14-/m0/s1. The van der Waals surface area contributed by atoms with E-state index in [1.54, 1.807) is 11.3 Å². The molecule has 0 spiro atoms. The number of thiazole rings is 1. The summed E-state index contributed by atoms with van der Waals surface area (Å²) < 4.78 is 0. The molecule has 0 unspecified atom stereocenters. The summed E-state index contributed by atoms with van der Waals surface area (Å²) in [6.07, 6.45) is 5.09. The normalized spacial score (nSPS) is 20.7. The molecule has 1 saturated carbocycles. The van der Waals surface area contributed by atoms with Crippen molar-refractivity contribution in [3.63, 3.8) is 0 Å². The number of hydrogen-bond acceptors (Lipinski definition) is 4. The highest BCUT2D eigenvalue weighted by Crippen LogP contribution is 2.25. The van der Waals surface area contributed by atoms with E-state index in [1.165, 1.54) is 25.7 Å². The van der Waals surface area contributed by atoms with Gasteiger partial charge in [-0.1, -0.05) is 50.1 Å². The van der Waals surface area contributed by atoms with Crippen LogP contribution >= 0.6 is 23.6 Å². The lowest BCUT2D eigenvalue weighted by Crippen LogP contribution is -2.47. The van der Waals surface area contributed by atoms with Gasteiger partial charge in [0.25, 0.3) is 0 Å². The Balaban J connectivity index is 1.50. The van der Waals surface area contributed by atoms with Crippen molar-refractivity contribution in [2.24, 2.45) is 5.92 Å². The minimum Gasteiger partial charge on any atom is -0.358 e. The Morgan fingerprint density at radius 2 is 2.00 bits per heavy atom. The molecule has 1 aromatic carbocycles. The third kappa shape index (κ3) is 4.42. The molecule has 0 radical (unpaired) electrons. The summed E-state index contributed by atoms with van der Waals surface area (Å²) in [7, 11) is 0. The van der Waals surface area contributed by atoms with Crippen molar-refractivity contribution >= 4 is 33.8 Å². The van der Waals surface area contributed by atoms with E-state index in [1.807, 2.05) is 23.6 Å². The second-order valence-electron chi connectivity index (χ2n) is 6.00. The van der Waals surface area contributed by atoms with Gasteiger partial charge in [0.15, 0.2) is 5.11 Å².